The van der Waals surface area contributed by atoms with E-state index in [1.165, 1.54) is 0 Å². The summed E-state index contributed by atoms with van der Waals surface area (Å²) >= 11 is 0. The topological polar surface area (TPSA) is 75.2 Å². The van der Waals surface area contributed by atoms with Gasteiger partial charge >= 0.3 is 0 Å². The SMILES string of the molecule is CCOC(CCNC(=NCC(=O)N(C)C)NCC1CCOC1)C(C)C. The minimum Gasteiger partial charge on any atom is -0.381 e. The van der Waals surface area contributed by atoms with Gasteiger partial charge in [0.05, 0.1) is 12.7 Å². The molecule has 0 aromatic carbocycles. The summed E-state index contributed by atoms with van der Waals surface area (Å²) < 4.78 is 11.2. The summed E-state index contributed by atoms with van der Waals surface area (Å²) in [5.41, 5.74) is 0. The van der Waals surface area contributed by atoms with Gasteiger partial charge in [0.15, 0.2) is 5.96 Å². The van der Waals surface area contributed by atoms with Crippen molar-refractivity contribution in [2.45, 2.75) is 39.7 Å². The highest BCUT2D eigenvalue weighted by Gasteiger charge is 2.17. The fourth-order valence-electron chi connectivity index (χ4n) is 2.60. The van der Waals surface area contributed by atoms with Gasteiger partial charge in [0.25, 0.3) is 0 Å². The molecule has 0 bridgehead atoms. The van der Waals surface area contributed by atoms with Crippen LogP contribution in [0.3, 0.4) is 0 Å². The van der Waals surface area contributed by atoms with E-state index in [1.807, 2.05) is 6.92 Å². The van der Waals surface area contributed by atoms with Crippen LogP contribution in [0.1, 0.15) is 33.6 Å². The first kappa shape index (κ1) is 21.7. The molecule has 2 unspecified atom stereocenters. The fraction of sp³-hybridized carbons (Fsp3) is 0.889. The zero-order valence-electron chi connectivity index (χ0n) is 16.5. The van der Waals surface area contributed by atoms with Gasteiger partial charge in [-0.2, -0.15) is 0 Å². The van der Waals surface area contributed by atoms with Crippen LogP contribution in [0.15, 0.2) is 4.99 Å². The Labute approximate surface area is 152 Å². The number of nitrogens with zero attached hydrogens (tertiary/aromatic N) is 2. The minimum atomic E-state index is -0.0142. The van der Waals surface area contributed by atoms with Gasteiger partial charge in [0.1, 0.15) is 6.54 Å². The normalized spacial score (nSPS) is 19.1. The molecule has 1 rings (SSSR count). The average Bonchev–Trinajstić information content (AvgIpc) is 3.08. The quantitative estimate of drug-likeness (QED) is 0.453. The molecule has 25 heavy (non-hydrogen) atoms. The Kier molecular flexibility index (Phi) is 10.5. The molecule has 1 fully saturated rings. The first-order valence-electron chi connectivity index (χ1n) is 9.35. The lowest BCUT2D eigenvalue weighted by Crippen LogP contribution is -2.42. The molecule has 1 saturated heterocycles. The highest BCUT2D eigenvalue weighted by molar-refractivity contribution is 5.84. The summed E-state index contributed by atoms with van der Waals surface area (Å²) in [7, 11) is 3.48. The molecule has 0 aromatic heterocycles. The average molecular weight is 357 g/mol. The monoisotopic (exact) mass is 356 g/mol. The lowest BCUT2D eigenvalue weighted by atomic mass is 10.0. The third-order valence-corrected chi connectivity index (χ3v) is 4.30. The Balaban J connectivity index is 2.50. The second kappa shape index (κ2) is 12.1. The molecule has 0 aliphatic carbocycles. The van der Waals surface area contributed by atoms with Crippen molar-refractivity contribution in [2.75, 3.05) is 53.6 Å². The van der Waals surface area contributed by atoms with Crippen LogP contribution in [0.5, 0.6) is 0 Å². The molecule has 7 nitrogen and oxygen atoms in total. The molecule has 1 heterocycles. The van der Waals surface area contributed by atoms with Crippen molar-refractivity contribution in [3.8, 4) is 0 Å². The van der Waals surface area contributed by atoms with Crippen LogP contribution < -0.4 is 10.6 Å². The van der Waals surface area contributed by atoms with Crippen molar-refractivity contribution in [3.05, 3.63) is 0 Å². The van der Waals surface area contributed by atoms with Gasteiger partial charge in [-0.3, -0.25) is 4.79 Å². The summed E-state index contributed by atoms with van der Waals surface area (Å²) in [5.74, 6) is 1.64. The highest BCUT2D eigenvalue weighted by Crippen LogP contribution is 2.11. The molecule has 146 valence electrons. The maximum absolute atomic E-state index is 11.8. The van der Waals surface area contributed by atoms with Crippen molar-refractivity contribution < 1.29 is 14.3 Å². The number of guanidine groups is 1. The number of likely N-dealkylation sites (N-methyl/N-ethyl adjacent to an activating group) is 1. The zero-order chi connectivity index (χ0) is 18.7. The van der Waals surface area contributed by atoms with E-state index in [9.17, 15) is 4.79 Å². The second-order valence-electron chi connectivity index (χ2n) is 7.02. The number of hydrogen-bond donors (Lipinski definition) is 2. The summed E-state index contributed by atoms with van der Waals surface area (Å²) in [5, 5.41) is 6.67. The van der Waals surface area contributed by atoms with Crippen LogP contribution in [0.25, 0.3) is 0 Å². The lowest BCUT2D eigenvalue weighted by molar-refractivity contribution is -0.127. The number of carbonyl (C=O) groups is 1. The van der Waals surface area contributed by atoms with Gasteiger partial charge in [-0.05, 0) is 25.7 Å². The fourth-order valence-corrected chi connectivity index (χ4v) is 2.60. The number of ether oxygens (including phenoxy) is 2. The van der Waals surface area contributed by atoms with Crippen LogP contribution in [0.4, 0.5) is 0 Å². The van der Waals surface area contributed by atoms with Crippen molar-refractivity contribution in [2.24, 2.45) is 16.8 Å². The molecule has 2 N–H and O–H groups in total. The van der Waals surface area contributed by atoms with E-state index >= 15 is 0 Å². The molecular weight excluding hydrogens is 320 g/mol. The second-order valence-corrected chi connectivity index (χ2v) is 7.02. The first-order valence-corrected chi connectivity index (χ1v) is 9.35. The zero-order valence-corrected chi connectivity index (χ0v) is 16.5. The van der Waals surface area contributed by atoms with Gasteiger partial charge in [-0.25, -0.2) is 4.99 Å². The molecule has 1 amide bonds. The molecule has 0 spiro atoms. The number of rotatable bonds is 10. The molecule has 1 aliphatic heterocycles. The van der Waals surface area contributed by atoms with Gasteiger partial charge in [-0.1, -0.05) is 13.8 Å². The summed E-state index contributed by atoms with van der Waals surface area (Å²) in [4.78, 5) is 17.8. The Hall–Kier alpha value is -1.34. The summed E-state index contributed by atoms with van der Waals surface area (Å²) in [6, 6.07) is 0. The van der Waals surface area contributed by atoms with Crippen LogP contribution in [0.2, 0.25) is 0 Å². The predicted molar refractivity (Wildman–Crippen MR) is 101 cm³/mol. The minimum absolute atomic E-state index is 0.0142. The standard InChI is InChI=1S/C18H36N4O3/c1-6-25-16(14(2)3)7-9-19-18(21-12-17(23)22(4)5)20-11-15-8-10-24-13-15/h14-16H,6-13H2,1-5H3,(H2,19,20,21). The Morgan fingerprint density at radius 1 is 1.36 bits per heavy atom. The number of nitrogens with one attached hydrogen (secondary N) is 2. The van der Waals surface area contributed by atoms with Crippen molar-refractivity contribution in [1.29, 1.82) is 0 Å². The van der Waals surface area contributed by atoms with E-state index in [1.54, 1.807) is 19.0 Å². The van der Waals surface area contributed by atoms with Crippen LogP contribution >= 0.6 is 0 Å². The van der Waals surface area contributed by atoms with Crippen molar-refractivity contribution in [1.82, 2.24) is 15.5 Å². The van der Waals surface area contributed by atoms with Gasteiger partial charge in [-0.15, -0.1) is 0 Å². The van der Waals surface area contributed by atoms with Crippen molar-refractivity contribution >= 4 is 11.9 Å². The Bertz CT molecular complexity index is 407. The lowest BCUT2D eigenvalue weighted by Gasteiger charge is -2.22. The predicted octanol–water partition coefficient (Wildman–Crippen LogP) is 1.10. The molecule has 7 heteroatoms. The Morgan fingerprint density at radius 2 is 2.12 bits per heavy atom. The third kappa shape index (κ3) is 9.07. The van der Waals surface area contributed by atoms with E-state index in [0.29, 0.717) is 17.8 Å². The molecule has 0 saturated carbocycles. The van der Waals surface area contributed by atoms with Crippen LogP contribution in [-0.2, 0) is 14.3 Å². The van der Waals surface area contributed by atoms with E-state index in [-0.39, 0.29) is 18.6 Å². The van der Waals surface area contributed by atoms with Crippen LogP contribution in [0, 0.1) is 11.8 Å². The van der Waals surface area contributed by atoms with Gasteiger partial charge < -0.3 is 25.0 Å². The number of aliphatic imine (C=N–C) groups is 1. The summed E-state index contributed by atoms with van der Waals surface area (Å²) in [6.45, 7) is 10.4. The third-order valence-electron chi connectivity index (χ3n) is 4.30. The van der Waals surface area contributed by atoms with E-state index in [2.05, 4.69) is 29.5 Å². The first-order chi connectivity index (χ1) is 11.9. The van der Waals surface area contributed by atoms with E-state index < -0.39 is 0 Å². The van der Waals surface area contributed by atoms with Gasteiger partial charge in [0, 0.05) is 46.3 Å². The number of hydrogen-bond acceptors (Lipinski definition) is 4. The van der Waals surface area contributed by atoms with Gasteiger partial charge in [0.2, 0.25) is 5.91 Å². The summed E-state index contributed by atoms with van der Waals surface area (Å²) in [6.07, 6.45) is 2.20. The maximum atomic E-state index is 11.8. The Morgan fingerprint density at radius 3 is 2.68 bits per heavy atom. The van der Waals surface area contributed by atoms with Crippen molar-refractivity contribution in [3.63, 3.8) is 0 Å². The molecule has 2 atom stereocenters. The van der Waals surface area contributed by atoms with E-state index in [0.717, 1.165) is 45.8 Å². The van der Waals surface area contributed by atoms with E-state index in [4.69, 9.17) is 9.47 Å². The highest BCUT2D eigenvalue weighted by atomic mass is 16.5. The number of amides is 1. The molecule has 0 aromatic rings. The van der Waals surface area contributed by atoms with Crippen LogP contribution in [-0.4, -0.2) is 76.4 Å². The molecular formula is C18H36N4O3. The smallest absolute Gasteiger partial charge is 0.243 e. The largest absolute Gasteiger partial charge is 0.381 e. The molecule has 1 aliphatic rings. The number of carbonyl (C=O) groups excluding carboxylic acids is 1. The maximum Gasteiger partial charge on any atom is 0.243 e. The molecule has 0 radical (unpaired) electrons.